The predicted molar refractivity (Wildman–Crippen MR) is 76.8 cm³/mol. The number of nitrogens with zero attached hydrogens (tertiary/aromatic N) is 1. The molecule has 0 aromatic carbocycles. The van der Waals surface area contributed by atoms with Crippen molar-refractivity contribution >= 4 is 11.9 Å². The molecule has 0 radical (unpaired) electrons. The smallest absolute Gasteiger partial charge is 0.307 e. The van der Waals surface area contributed by atoms with Gasteiger partial charge in [0.15, 0.2) is 0 Å². The average Bonchev–Trinajstić information content (AvgIpc) is 3.07. The first-order valence-electron chi connectivity index (χ1n) is 8.31. The van der Waals surface area contributed by atoms with Crippen molar-refractivity contribution in [3.8, 4) is 0 Å². The van der Waals surface area contributed by atoms with Gasteiger partial charge in [-0.15, -0.1) is 0 Å². The molecule has 1 N–H and O–H groups in total. The number of aliphatic carboxylic acids is 1. The molecule has 2 saturated carbocycles. The number of carbonyl (C=O) groups is 2. The van der Waals surface area contributed by atoms with E-state index in [0.29, 0.717) is 19.0 Å². The minimum absolute atomic E-state index is 0.0658. The Morgan fingerprint density at radius 3 is 2.24 bits per heavy atom. The maximum absolute atomic E-state index is 12.8. The van der Waals surface area contributed by atoms with Crippen LogP contribution in [0.5, 0.6) is 0 Å². The molecule has 3 unspecified atom stereocenters. The Hall–Kier alpha value is -1.10. The van der Waals surface area contributed by atoms with Crippen LogP contribution in [0.4, 0.5) is 0 Å². The zero-order valence-electron chi connectivity index (χ0n) is 12.5. The first kappa shape index (κ1) is 14.8. The van der Waals surface area contributed by atoms with Crippen LogP contribution in [0.1, 0.15) is 51.4 Å². The van der Waals surface area contributed by atoms with E-state index >= 15 is 0 Å². The number of hydrogen-bond acceptors (Lipinski definition) is 3. The molecule has 118 valence electrons. The maximum atomic E-state index is 12.8. The summed E-state index contributed by atoms with van der Waals surface area (Å²) in [4.78, 5) is 26.0. The van der Waals surface area contributed by atoms with E-state index in [1.807, 2.05) is 4.90 Å². The number of carboxylic acid groups (broad SMARTS) is 1. The molecule has 1 amide bonds. The minimum atomic E-state index is -0.817. The van der Waals surface area contributed by atoms with Crippen molar-refractivity contribution in [2.75, 3.05) is 13.2 Å². The summed E-state index contributed by atoms with van der Waals surface area (Å²) in [6.45, 7) is 1.45. The van der Waals surface area contributed by atoms with E-state index in [1.54, 1.807) is 0 Å². The summed E-state index contributed by atoms with van der Waals surface area (Å²) >= 11 is 0. The second kappa shape index (κ2) is 6.34. The SMILES string of the molecule is O=C(O)C1CCC1C(=O)N(CC1CCCO1)C1CCCC1. The van der Waals surface area contributed by atoms with Crippen LogP contribution in [-0.2, 0) is 14.3 Å². The van der Waals surface area contributed by atoms with Crippen LogP contribution < -0.4 is 0 Å². The molecular weight excluding hydrogens is 270 g/mol. The normalized spacial score (nSPS) is 32.9. The van der Waals surface area contributed by atoms with Gasteiger partial charge in [-0.25, -0.2) is 0 Å². The quantitative estimate of drug-likeness (QED) is 0.843. The van der Waals surface area contributed by atoms with Gasteiger partial charge in [-0.2, -0.15) is 0 Å². The summed E-state index contributed by atoms with van der Waals surface area (Å²) < 4.78 is 5.69. The van der Waals surface area contributed by atoms with Crippen LogP contribution >= 0.6 is 0 Å². The van der Waals surface area contributed by atoms with Crippen molar-refractivity contribution in [1.82, 2.24) is 4.90 Å². The number of rotatable bonds is 5. The number of amides is 1. The Morgan fingerprint density at radius 1 is 1.00 bits per heavy atom. The van der Waals surface area contributed by atoms with Crippen LogP contribution in [0.15, 0.2) is 0 Å². The Balaban J connectivity index is 1.67. The molecule has 3 rings (SSSR count). The van der Waals surface area contributed by atoms with Crippen LogP contribution in [0.25, 0.3) is 0 Å². The van der Waals surface area contributed by atoms with Crippen molar-refractivity contribution < 1.29 is 19.4 Å². The summed E-state index contributed by atoms with van der Waals surface area (Å²) in [5.41, 5.74) is 0. The van der Waals surface area contributed by atoms with Crippen LogP contribution in [0, 0.1) is 11.8 Å². The van der Waals surface area contributed by atoms with E-state index in [1.165, 1.54) is 12.8 Å². The molecule has 3 fully saturated rings. The van der Waals surface area contributed by atoms with Crippen LogP contribution in [-0.4, -0.2) is 47.2 Å². The highest BCUT2D eigenvalue weighted by Gasteiger charge is 2.45. The van der Waals surface area contributed by atoms with Gasteiger partial charge in [-0.1, -0.05) is 12.8 Å². The summed E-state index contributed by atoms with van der Waals surface area (Å²) in [5, 5.41) is 9.19. The third kappa shape index (κ3) is 3.07. The zero-order chi connectivity index (χ0) is 14.8. The highest BCUT2D eigenvalue weighted by Crippen LogP contribution is 2.38. The van der Waals surface area contributed by atoms with E-state index in [2.05, 4.69) is 0 Å². The van der Waals surface area contributed by atoms with E-state index < -0.39 is 11.9 Å². The number of carboxylic acids is 1. The highest BCUT2D eigenvalue weighted by molar-refractivity contribution is 5.86. The van der Waals surface area contributed by atoms with E-state index in [4.69, 9.17) is 4.74 Å². The number of hydrogen-bond donors (Lipinski definition) is 1. The second-order valence-corrected chi connectivity index (χ2v) is 6.69. The molecule has 0 bridgehead atoms. The van der Waals surface area contributed by atoms with Crippen molar-refractivity contribution in [2.45, 2.75) is 63.5 Å². The lowest BCUT2D eigenvalue weighted by molar-refractivity contribution is -0.158. The third-order valence-corrected chi connectivity index (χ3v) is 5.38. The summed E-state index contributed by atoms with van der Waals surface area (Å²) in [6, 6.07) is 0.303. The number of ether oxygens (including phenoxy) is 1. The molecule has 1 saturated heterocycles. The Morgan fingerprint density at radius 2 is 1.71 bits per heavy atom. The fourth-order valence-electron chi connectivity index (χ4n) is 3.95. The Bertz CT molecular complexity index is 399. The fourth-order valence-corrected chi connectivity index (χ4v) is 3.95. The predicted octanol–water partition coefficient (Wildman–Crippen LogP) is 2.05. The van der Waals surface area contributed by atoms with E-state index in [0.717, 1.165) is 38.7 Å². The first-order chi connectivity index (χ1) is 10.2. The molecule has 21 heavy (non-hydrogen) atoms. The van der Waals surface area contributed by atoms with Gasteiger partial charge in [0.1, 0.15) is 0 Å². The van der Waals surface area contributed by atoms with Gasteiger partial charge >= 0.3 is 5.97 Å². The van der Waals surface area contributed by atoms with Gasteiger partial charge in [-0.3, -0.25) is 9.59 Å². The molecule has 0 spiro atoms. The Labute approximate surface area is 125 Å². The van der Waals surface area contributed by atoms with E-state index in [-0.39, 0.29) is 17.9 Å². The van der Waals surface area contributed by atoms with Gasteiger partial charge in [0.05, 0.1) is 17.9 Å². The Kier molecular flexibility index (Phi) is 4.48. The lowest BCUT2D eigenvalue weighted by Gasteiger charge is -2.39. The largest absolute Gasteiger partial charge is 0.481 e. The summed E-state index contributed by atoms with van der Waals surface area (Å²) in [6.07, 6.45) is 8.07. The van der Waals surface area contributed by atoms with Crippen molar-refractivity contribution in [3.63, 3.8) is 0 Å². The summed E-state index contributed by atoms with van der Waals surface area (Å²) in [5.74, 6) is -1.52. The zero-order valence-corrected chi connectivity index (χ0v) is 12.5. The fraction of sp³-hybridized carbons (Fsp3) is 0.875. The van der Waals surface area contributed by atoms with E-state index in [9.17, 15) is 14.7 Å². The van der Waals surface area contributed by atoms with Gasteiger partial charge in [0, 0.05) is 19.2 Å². The average molecular weight is 295 g/mol. The van der Waals surface area contributed by atoms with Crippen LogP contribution in [0.2, 0.25) is 0 Å². The van der Waals surface area contributed by atoms with Gasteiger partial charge in [-0.05, 0) is 38.5 Å². The van der Waals surface area contributed by atoms with Crippen molar-refractivity contribution in [1.29, 1.82) is 0 Å². The van der Waals surface area contributed by atoms with Gasteiger partial charge in [0.25, 0.3) is 0 Å². The molecule has 1 heterocycles. The number of carbonyl (C=O) groups excluding carboxylic acids is 1. The van der Waals surface area contributed by atoms with Crippen LogP contribution in [0.3, 0.4) is 0 Å². The molecule has 5 heteroatoms. The lowest BCUT2D eigenvalue weighted by Crippen LogP contribution is -2.51. The standard InChI is InChI=1S/C16H25NO4/c18-15(13-7-8-14(13)16(19)20)17(11-4-1-2-5-11)10-12-6-3-9-21-12/h11-14H,1-10H2,(H,19,20). The van der Waals surface area contributed by atoms with Crippen molar-refractivity contribution in [2.24, 2.45) is 11.8 Å². The highest BCUT2D eigenvalue weighted by atomic mass is 16.5. The molecule has 3 aliphatic rings. The van der Waals surface area contributed by atoms with Crippen molar-refractivity contribution in [3.05, 3.63) is 0 Å². The molecule has 1 aliphatic heterocycles. The molecule has 0 aromatic heterocycles. The first-order valence-corrected chi connectivity index (χ1v) is 8.31. The molecule has 3 atom stereocenters. The lowest BCUT2D eigenvalue weighted by atomic mass is 9.72. The maximum Gasteiger partial charge on any atom is 0.307 e. The monoisotopic (exact) mass is 295 g/mol. The third-order valence-electron chi connectivity index (χ3n) is 5.38. The molecular formula is C16H25NO4. The van der Waals surface area contributed by atoms with Gasteiger partial charge in [0.2, 0.25) is 5.91 Å². The topological polar surface area (TPSA) is 66.8 Å². The van der Waals surface area contributed by atoms with Gasteiger partial charge < -0.3 is 14.7 Å². The molecule has 0 aromatic rings. The second-order valence-electron chi connectivity index (χ2n) is 6.69. The molecule has 2 aliphatic carbocycles. The summed E-state index contributed by atoms with van der Waals surface area (Å²) in [7, 11) is 0. The molecule has 5 nitrogen and oxygen atoms in total. The minimum Gasteiger partial charge on any atom is -0.481 e.